The van der Waals surface area contributed by atoms with Gasteiger partial charge in [-0.3, -0.25) is 0 Å². The van der Waals surface area contributed by atoms with E-state index < -0.39 is 11.6 Å². The minimum absolute atomic E-state index is 0.0430. The third-order valence-electron chi connectivity index (χ3n) is 5.10. The van der Waals surface area contributed by atoms with E-state index in [9.17, 15) is 8.78 Å². The third kappa shape index (κ3) is 3.31. The maximum atomic E-state index is 14.4. The molecule has 2 heterocycles. The van der Waals surface area contributed by atoms with Crippen LogP contribution in [-0.4, -0.2) is 25.6 Å². The van der Waals surface area contributed by atoms with Crippen molar-refractivity contribution >= 4 is 17.0 Å². The normalized spacial score (nSPS) is 19.7. The minimum atomic E-state index is -0.613. The molecule has 0 aliphatic heterocycles. The zero-order chi connectivity index (χ0) is 19.1. The second kappa shape index (κ2) is 6.75. The van der Waals surface area contributed by atoms with Crippen LogP contribution in [0.25, 0.3) is 11.2 Å². The number of imidazole rings is 1. The van der Waals surface area contributed by atoms with E-state index in [-0.39, 0.29) is 30.0 Å². The van der Waals surface area contributed by atoms with Crippen LogP contribution in [0.3, 0.4) is 0 Å². The maximum absolute atomic E-state index is 14.4. The quantitative estimate of drug-likeness (QED) is 0.756. The Morgan fingerprint density at radius 2 is 2.07 bits per heavy atom. The summed E-state index contributed by atoms with van der Waals surface area (Å²) in [6.07, 6.45) is 4.51. The Morgan fingerprint density at radius 1 is 1.26 bits per heavy atom. The average molecular weight is 373 g/mol. The SMILES string of the molecule is Cc1ccc(F)c(Cn2cnc3c(N)nc(OC4CCC(C)C4)nc32)c1F. The molecule has 0 bridgehead atoms. The van der Waals surface area contributed by atoms with Crippen molar-refractivity contribution in [2.45, 2.75) is 45.8 Å². The molecule has 27 heavy (non-hydrogen) atoms. The lowest BCUT2D eigenvalue weighted by atomic mass is 10.1. The van der Waals surface area contributed by atoms with Crippen molar-refractivity contribution < 1.29 is 13.5 Å². The van der Waals surface area contributed by atoms with E-state index in [0.29, 0.717) is 22.6 Å². The molecular weight excluding hydrogens is 352 g/mol. The standard InChI is InChI=1S/C19H21F2N5O/c1-10-3-5-12(7-10)27-19-24-17(22)16-18(25-19)26(9-23-16)8-13-14(20)6-4-11(2)15(13)21/h4,6,9-10,12H,3,5,7-8H2,1-2H3,(H2,22,24,25). The predicted octanol–water partition coefficient (Wildman–Crippen LogP) is 3.61. The van der Waals surface area contributed by atoms with Gasteiger partial charge in [0.2, 0.25) is 0 Å². The molecule has 3 aromatic rings. The van der Waals surface area contributed by atoms with Gasteiger partial charge in [-0.1, -0.05) is 13.0 Å². The van der Waals surface area contributed by atoms with E-state index in [1.807, 2.05) is 0 Å². The fraction of sp³-hybridized carbons (Fsp3) is 0.421. The van der Waals surface area contributed by atoms with E-state index in [0.717, 1.165) is 19.3 Å². The fourth-order valence-corrected chi connectivity index (χ4v) is 3.55. The zero-order valence-electron chi connectivity index (χ0n) is 15.2. The number of nitrogen functional groups attached to an aromatic ring is 1. The number of benzene rings is 1. The average Bonchev–Trinajstić information content (AvgIpc) is 3.22. The first kappa shape index (κ1) is 17.6. The van der Waals surface area contributed by atoms with Gasteiger partial charge in [-0.25, -0.2) is 13.8 Å². The van der Waals surface area contributed by atoms with E-state index in [2.05, 4.69) is 21.9 Å². The van der Waals surface area contributed by atoms with Crippen LogP contribution >= 0.6 is 0 Å². The highest BCUT2D eigenvalue weighted by Crippen LogP contribution is 2.29. The minimum Gasteiger partial charge on any atom is -0.460 e. The van der Waals surface area contributed by atoms with Crippen molar-refractivity contribution in [1.82, 2.24) is 19.5 Å². The molecule has 8 heteroatoms. The molecule has 0 radical (unpaired) electrons. The summed E-state index contributed by atoms with van der Waals surface area (Å²) in [5, 5.41) is 0. The first-order chi connectivity index (χ1) is 12.9. The Labute approximate surface area is 155 Å². The predicted molar refractivity (Wildman–Crippen MR) is 97.4 cm³/mol. The number of nitrogens with zero attached hydrogens (tertiary/aromatic N) is 4. The number of aryl methyl sites for hydroxylation is 1. The molecule has 1 saturated carbocycles. The lowest BCUT2D eigenvalue weighted by molar-refractivity contribution is 0.189. The summed E-state index contributed by atoms with van der Waals surface area (Å²) in [7, 11) is 0. The molecule has 1 fully saturated rings. The van der Waals surface area contributed by atoms with Crippen LogP contribution in [0.15, 0.2) is 18.5 Å². The lowest BCUT2D eigenvalue weighted by Crippen LogP contribution is -2.15. The molecule has 2 atom stereocenters. The molecular formula is C19H21F2N5O. The molecule has 142 valence electrons. The molecule has 1 aliphatic rings. The van der Waals surface area contributed by atoms with Gasteiger partial charge in [0.25, 0.3) is 0 Å². The Kier molecular flexibility index (Phi) is 4.41. The monoisotopic (exact) mass is 373 g/mol. The van der Waals surface area contributed by atoms with Crippen LogP contribution in [0.4, 0.5) is 14.6 Å². The summed E-state index contributed by atoms with van der Waals surface area (Å²) in [6.45, 7) is 3.73. The van der Waals surface area contributed by atoms with Gasteiger partial charge in [0.05, 0.1) is 12.9 Å². The number of hydrogen-bond acceptors (Lipinski definition) is 5. The van der Waals surface area contributed by atoms with Crippen LogP contribution in [0.5, 0.6) is 6.01 Å². The van der Waals surface area contributed by atoms with Crippen molar-refractivity contribution in [3.05, 3.63) is 41.2 Å². The number of nitrogens with two attached hydrogens (primary N) is 1. The zero-order valence-corrected chi connectivity index (χ0v) is 15.2. The van der Waals surface area contributed by atoms with Crippen LogP contribution < -0.4 is 10.5 Å². The number of ether oxygens (including phenoxy) is 1. The highest BCUT2D eigenvalue weighted by molar-refractivity contribution is 5.82. The van der Waals surface area contributed by atoms with Crippen molar-refractivity contribution in [3.8, 4) is 6.01 Å². The molecule has 4 rings (SSSR count). The van der Waals surface area contributed by atoms with Gasteiger partial charge in [-0.05, 0) is 43.7 Å². The fourth-order valence-electron chi connectivity index (χ4n) is 3.55. The third-order valence-corrected chi connectivity index (χ3v) is 5.10. The number of aromatic nitrogens is 4. The van der Waals surface area contributed by atoms with Crippen molar-refractivity contribution in [2.24, 2.45) is 5.92 Å². The second-order valence-corrected chi connectivity index (χ2v) is 7.25. The first-order valence-electron chi connectivity index (χ1n) is 9.01. The Balaban J connectivity index is 1.69. The molecule has 0 amide bonds. The summed E-state index contributed by atoms with van der Waals surface area (Å²) >= 11 is 0. The highest BCUT2D eigenvalue weighted by atomic mass is 19.1. The van der Waals surface area contributed by atoms with Crippen molar-refractivity contribution in [2.75, 3.05) is 5.73 Å². The van der Waals surface area contributed by atoms with E-state index >= 15 is 0 Å². The van der Waals surface area contributed by atoms with Gasteiger partial charge in [0, 0.05) is 5.56 Å². The Morgan fingerprint density at radius 3 is 2.81 bits per heavy atom. The molecule has 2 N–H and O–H groups in total. The summed E-state index contributed by atoms with van der Waals surface area (Å²) in [5.74, 6) is -0.396. The summed E-state index contributed by atoms with van der Waals surface area (Å²) in [4.78, 5) is 12.8. The largest absolute Gasteiger partial charge is 0.460 e. The first-order valence-corrected chi connectivity index (χ1v) is 9.01. The van der Waals surface area contributed by atoms with Gasteiger partial charge >= 0.3 is 6.01 Å². The van der Waals surface area contributed by atoms with E-state index in [1.54, 1.807) is 11.5 Å². The van der Waals surface area contributed by atoms with E-state index in [1.165, 1.54) is 18.5 Å². The van der Waals surface area contributed by atoms with Gasteiger partial charge < -0.3 is 15.0 Å². The topological polar surface area (TPSA) is 78.9 Å². The van der Waals surface area contributed by atoms with E-state index in [4.69, 9.17) is 10.5 Å². The van der Waals surface area contributed by atoms with Gasteiger partial charge in [0.15, 0.2) is 17.0 Å². The molecule has 2 aromatic heterocycles. The maximum Gasteiger partial charge on any atom is 0.320 e. The number of anilines is 1. The number of hydrogen-bond donors (Lipinski definition) is 1. The summed E-state index contributed by atoms with van der Waals surface area (Å²) in [6, 6.07) is 2.84. The molecule has 0 spiro atoms. The van der Waals surface area contributed by atoms with Crippen LogP contribution in [0.2, 0.25) is 0 Å². The van der Waals surface area contributed by atoms with Gasteiger partial charge in [0.1, 0.15) is 17.7 Å². The molecule has 1 aliphatic carbocycles. The molecule has 1 aromatic carbocycles. The lowest BCUT2D eigenvalue weighted by Gasteiger charge is -2.13. The highest BCUT2D eigenvalue weighted by Gasteiger charge is 2.24. The summed E-state index contributed by atoms with van der Waals surface area (Å²) in [5.41, 5.74) is 7.11. The van der Waals surface area contributed by atoms with Crippen LogP contribution in [-0.2, 0) is 6.54 Å². The van der Waals surface area contributed by atoms with Crippen molar-refractivity contribution in [1.29, 1.82) is 0 Å². The Hall–Kier alpha value is -2.77. The van der Waals surface area contributed by atoms with Crippen molar-refractivity contribution in [3.63, 3.8) is 0 Å². The number of halogens is 2. The molecule has 2 unspecified atom stereocenters. The van der Waals surface area contributed by atoms with Gasteiger partial charge in [-0.15, -0.1) is 0 Å². The van der Waals surface area contributed by atoms with Crippen LogP contribution in [0.1, 0.15) is 37.3 Å². The second-order valence-electron chi connectivity index (χ2n) is 7.25. The Bertz CT molecular complexity index is 1000. The number of rotatable bonds is 4. The molecule has 6 nitrogen and oxygen atoms in total. The molecule has 0 saturated heterocycles. The summed E-state index contributed by atoms with van der Waals surface area (Å²) < 4.78 is 35.9. The smallest absolute Gasteiger partial charge is 0.320 e. The number of fused-ring (bicyclic) bond motifs is 1. The van der Waals surface area contributed by atoms with Gasteiger partial charge in [-0.2, -0.15) is 9.97 Å². The van der Waals surface area contributed by atoms with Crippen LogP contribution in [0, 0.1) is 24.5 Å².